The number of hydrogen-bond donors (Lipinski definition) is 5. The summed E-state index contributed by atoms with van der Waals surface area (Å²) < 4.78 is 0. The Labute approximate surface area is 117 Å². The summed E-state index contributed by atoms with van der Waals surface area (Å²) >= 11 is 0. The van der Waals surface area contributed by atoms with E-state index in [2.05, 4.69) is 0 Å². The SMILES string of the molecule is Cc1c(N)cc(-c2cc(N)cc(CN)c2O)c(O)c1C. The van der Waals surface area contributed by atoms with Gasteiger partial charge in [0.1, 0.15) is 11.5 Å². The van der Waals surface area contributed by atoms with Gasteiger partial charge < -0.3 is 27.4 Å². The van der Waals surface area contributed by atoms with Crippen LogP contribution in [0, 0.1) is 13.8 Å². The third kappa shape index (κ3) is 2.12. The molecule has 0 saturated heterocycles. The summed E-state index contributed by atoms with van der Waals surface area (Å²) in [5, 5.41) is 20.6. The van der Waals surface area contributed by atoms with Crippen molar-refractivity contribution < 1.29 is 10.2 Å². The smallest absolute Gasteiger partial charge is 0.128 e. The van der Waals surface area contributed by atoms with Crippen molar-refractivity contribution in [1.29, 1.82) is 0 Å². The maximum Gasteiger partial charge on any atom is 0.128 e. The van der Waals surface area contributed by atoms with Gasteiger partial charge >= 0.3 is 0 Å². The summed E-state index contributed by atoms with van der Waals surface area (Å²) in [6, 6.07) is 4.84. The number of phenols is 2. The van der Waals surface area contributed by atoms with Crippen LogP contribution in [-0.4, -0.2) is 10.2 Å². The molecule has 0 aromatic heterocycles. The lowest BCUT2D eigenvalue weighted by atomic mass is 9.94. The number of hydrogen-bond acceptors (Lipinski definition) is 5. The predicted octanol–water partition coefficient (Wildman–Crippen LogP) is 2.00. The summed E-state index contributed by atoms with van der Waals surface area (Å²) in [6.45, 7) is 3.77. The third-order valence-electron chi connectivity index (χ3n) is 3.63. The van der Waals surface area contributed by atoms with Crippen molar-refractivity contribution in [2.75, 3.05) is 11.5 Å². The molecule has 8 N–H and O–H groups in total. The summed E-state index contributed by atoms with van der Waals surface area (Å²) in [5.41, 5.74) is 21.2. The molecule has 0 atom stereocenters. The van der Waals surface area contributed by atoms with E-state index in [0.29, 0.717) is 33.6 Å². The van der Waals surface area contributed by atoms with Gasteiger partial charge in [-0.25, -0.2) is 0 Å². The van der Waals surface area contributed by atoms with E-state index in [4.69, 9.17) is 17.2 Å². The van der Waals surface area contributed by atoms with E-state index in [1.807, 2.05) is 6.92 Å². The van der Waals surface area contributed by atoms with Crippen LogP contribution in [0.2, 0.25) is 0 Å². The highest BCUT2D eigenvalue weighted by atomic mass is 16.3. The summed E-state index contributed by atoms with van der Waals surface area (Å²) in [4.78, 5) is 0. The van der Waals surface area contributed by atoms with Gasteiger partial charge in [-0.05, 0) is 43.2 Å². The molecule has 106 valence electrons. The average molecular weight is 273 g/mol. The number of aromatic hydroxyl groups is 2. The lowest BCUT2D eigenvalue weighted by molar-refractivity contribution is 0.463. The highest BCUT2D eigenvalue weighted by Crippen LogP contribution is 2.42. The van der Waals surface area contributed by atoms with Crippen molar-refractivity contribution in [3.8, 4) is 22.6 Å². The van der Waals surface area contributed by atoms with Gasteiger partial charge in [0, 0.05) is 34.6 Å². The van der Waals surface area contributed by atoms with E-state index < -0.39 is 0 Å². The zero-order valence-electron chi connectivity index (χ0n) is 11.6. The molecule has 0 fully saturated rings. The van der Waals surface area contributed by atoms with Gasteiger partial charge in [-0.2, -0.15) is 0 Å². The molecule has 20 heavy (non-hydrogen) atoms. The fourth-order valence-electron chi connectivity index (χ4n) is 2.21. The topological polar surface area (TPSA) is 119 Å². The minimum atomic E-state index is 0.0136. The normalized spacial score (nSPS) is 10.8. The molecule has 0 aliphatic heterocycles. The molecule has 0 aliphatic rings. The molecule has 0 saturated carbocycles. The quantitative estimate of drug-likeness (QED) is 0.423. The molecule has 5 heteroatoms. The van der Waals surface area contributed by atoms with Crippen LogP contribution in [0.3, 0.4) is 0 Å². The first-order chi connectivity index (χ1) is 9.36. The zero-order valence-corrected chi connectivity index (χ0v) is 11.6. The number of nitrogens with two attached hydrogens (primary N) is 3. The van der Waals surface area contributed by atoms with E-state index in [1.165, 1.54) is 0 Å². The highest BCUT2D eigenvalue weighted by molar-refractivity contribution is 5.83. The van der Waals surface area contributed by atoms with E-state index in [9.17, 15) is 10.2 Å². The van der Waals surface area contributed by atoms with Crippen molar-refractivity contribution in [2.45, 2.75) is 20.4 Å². The molecule has 0 spiro atoms. The number of phenolic OH excluding ortho intramolecular Hbond substituents is 2. The Hall–Kier alpha value is -2.40. The summed E-state index contributed by atoms with van der Waals surface area (Å²) in [5.74, 6) is 0.0974. The first kappa shape index (κ1) is 14.0. The van der Waals surface area contributed by atoms with Gasteiger partial charge in [-0.1, -0.05) is 0 Å². The fourth-order valence-corrected chi connectivity index (χ4v) is 2.21. The van der Waals surface area contributed by atoms with Crippen LogP contribution in [0.15, 0.2) is 18.2 Å². The van der Waals surface area contributed by atoms with Crippen LogP contribution >= 0.6 is 0 Å². The van der Waals surface area contributed by atoms with Crippen molar-refractivity contribution in [3.05, 3.63) is 34.9 Å². The van der Waals surface area contributed by atoms with Crippen LogP contribution in [0.25, 0.3) is 11.1 Å². The maximum absolute atomic E-state index is 10.3. The van der Waals surface area contributed by atoms with Crippen LogP contribution in [0.4, 0.5) is 11.4 Å². The zero-order chi connectivity index (χ0) is 15.0. The fraction of sp³-hybridized carbons (Fsp3) is 0.200. The van der Waals surface area contributed by atoms with E-state index in [-0.39, 0.29) is 18.0 Å². The molecule has 5 nitrogen and oxygen atoms in total. The van der Waals surface area contributed by atoms with E-state index in [1.54, 1.807) is 25.1 Å². The second kappa shape index (κ2) is 4.94. The van der Waals surface area contributed by atoms with Gasteiger partial charge in [-0.15, -0.1) is 0 Å². The number of anilines is 2. The Kier molecular flexibility index (Phi) is 3.46. The average Bonchev–Trinajstić information content (AvgIpc) is 2.42. The molecular weight excluding hydrogens is 254 g/mol. The number of rotatable bonds is 2. The number of nitrogen functional groups attached to an aromatic ring is 2. The molecule has 0 aliphatic carbocycles. The van der Waals surface area contributed by atoms with Crippen molar-refractivity contribution in [3.63, 3.8) is 0 Å². The Balaban J connectivity index is 2.78. The third-order valence-corrected chi connectivity index (χ3v) is 3.63. The molecule has 0 heterocycles. The first-order valence-electron chi connectivity index (χ1n) is 6.27. The second-order valence-corrected chi connectivity index (χ2v) is 4.89. The van der Waals surface area contributed by atoms with Gasteiger partial charge in [-0.3, -0.25) is 0 Å². The standard InChI is InChI=1S/C15H19N3O2/c1-7-8(2)14(19)12(5-13(7)18)11-4-10(17)3-9(6-16)15(11)20/h3-5,19-20H,6,16-18H2,1-2H3. The van der Waals surface area contributed by atoms with Crippen LogP contribution < -0.4 is 17.2 Å². The Bertz CT molecular complexity index is 682. The van der Waals surface area contributed by atoms with Crippen LogP contribution in [-0.2, 0) is 6.54 Å². The highest BCUT2D eigenvalue weighted by Gasteiger charge is 2.17. The predicted molar refractivity (Wildman–Crippen MR) is 81.4 cm³/mol. The minimum Gasteiger partial charge on any atom is -0.507 e. The van der Waals surface area contributed by atoms with Crippen LogP contribution in [0.1, 0.15) is 16.7 Å². The molecule has 0 amide bonds. The monoisotopic (exact) mass is 273 g/mol. The molecular formula is C15H19N3O2. The van der Waals surface area contributed by atoms with Gasteiger partial charge in [0.15, 0.2) is 0 Å². The number of benzene rings is 2. The Morgan fingerprint density at radius 3 is 2.10 bits per heavy atom. The molecule has 2 aromatic rings. The van der Waals surface area contributed by atoms with Crippen molar-refractivity contribution in [2.24, 2.45) is 5.73 Å². The Morgan fingerprint density at radius 1 is 0.900 bits per heavy atom. The van der Waals surface area contributed by atoms with Gasteiger partial charge in [0.25, 0.3) is 0 Å². The van der Waals surface area contributed by atoms with Crippen LogP contribution in [0.5, 0.6) is 11.5 Å². The van der Waals surface area contributed by atoms with E-state index >= 15 is 0 Å². The molecule has 0 unspecified atom stereocenters. The Morgan fingerprint density at radius 2 is 1.50 bits per heavy atom. The van der Waals surface area contributed by atoms with Gasteiger partial charge in [0.2, 0.25) is 0 Å². The lowest BCUT2D eigenvalue weighted by Gasteiger charge is -2.15. The molecule has 2 rings (SSSR count). The van der Waals surface area contributed by atoms with Gasteiger partial charge in [0.05, 0.1) is 0 Å². The van der Waals surface area contributed by atoms with Crippen molar-refractivity contribution in [1.82, 2.24) is 0 Å². The largest absolute Gasteiger partial charge is 0.507 e. The second-order valence-electron chi connectivity index (χ2n) is 4.89. The summed E-state index contributed by atoms with van der Waals surface area (Å²) in [7, 11) is 0. The lowest BCUT2D eigenvalue weighted by Crippen LogP contribution is -2.01. The first-order valence-corrected chi connectivity index (χ1v) is 6.27. The molecule has 0 bridgehead atoms. The van der Waals surface area contributed by atoms with Crippen molar-refractivity contribution >= 4 is 11.4 Å². The maximum atomic E-state index is 10.3. The summed E-state index contributed by atoms with van der Waals surface area (Å²) in [6.07, 6.45) is 0. The molecule has 0 radical (unpaired) electrons. The molecule has 2 aromatic carbocycles. The van der Waals surface area contributed by atoms with E-state index in [0.717, 1.165) is 5.56 Å². The minimum absolute atomic E-state index is 0.0136.